The monoisotopic (exact) mass is 339 g/mol. The summed E-state index contributed by atoms with van der Waals surface area (Å²) in [6.07, 6.45) is 0.970. The second-order valence-electron chi connectivity index (χ2n) is 5.49. The molecular formula is C15H21N3O4S. The quantitative estimate of drug-likeness (QED) is 0.599. The summed E-state index contributed by atoms with van der Waals surface area (Å²) in [5.74, 6) is 1.67. The summed E-state index contributed by atoms with van der Waals surface area (Å²) in [5.41, 5.74) is 6.37. The summed E-state index contributed by atoms with van der Waals surface area (Å²) in [5, 5.41) is 11.0. The number of amides is 1. The number of nitro benzene ring substituents is 1. The lowest BCUT2D eigenvalue weighted by molar-refractivity contribution is -0.385. The number of nitro groups is 1. The van der Waals surface area contributed by atoms with Crippen molar-refractivity contribution in [1.82, 2.24) is 4.90 Å². The van der Waals surface area contributed by atoms with Gasteiger partial charge in [-0.1, -0.05) is 6.07 Å². The van der Waals surface area contributed by atoms with Crippen LogP contribution in [0.2, 0.25) is 0 Å². The van der Waals surface area contributed by atoms with Crippen LogP contribution in [0.3, 0.4) is 0 Å². The highest BCUT2D eigenvalue weighted by molar-refractivity contribution is 7.99. The van der Waals surface area contributed by atoms with E-state index in [0.29, 0.717) is 24.0 Å². The first-order valence-electron chi connectivity index (χ1n) is 7.42. The number of nitrogens with zero attached hydrogens (tertiary/aromatic N) is 2. The average Bonchev–Trinajstić information content (AvgIpc) is 3.03. The molecule has 1 aromatic carbocycles. The number of thioether (sulfide) groups is 1. The van der Waals surface area contributed by atoms with Crippen molar-refractivity contribution < 1.29 is 14.5 Å². The van der Waals surface area contributed by atoms with Crippen molar-refractivity contribution in [2.24, 2.45) is 11.7 Å². The second-order valence-corrected chi connectivity index (χ2v) is 6.47. The Balaban J connectivity index is 1.85. The zero-order valence-corrected chi connectivity index (χ0v) is 13.9. The Hall–Kier alpha value is -1.80. The first-order valence-corrected chi connectivity index (χ1v) is 8.57. The lowest BCUT2D eigenvalue weighted by Crippen LogP contribution is -2.31. The summed E-state index contributed by atoms with van der Waals surface area (Å²) in [7, 11) is 1.40. The van der Waals surface area contributed by atoms with Crippen LogP contribution in [0.15, 0.2) is 18.2 Å². The van der Waals surface area contributed by atoms with Gasteiger partial charge < -0.3 is 15.4 Å². The summed E-state index contributed by atoms with van der Waals surface area (Å²) in [6.45, 7) is 2.13. The van der Waals surface area contributed by atoms with Crippen LogP contribution < -0.4 is 10.5 Å². The normalized spacial score (nSPS) is 17.3. The summed E-state index contributed by atoms with van der Waals surface area (Å²) >= 11 is 1.46. The largest absolute Gasteiger partial charge is 0.490 e. The number of carbonyl (C=O) groups is 1. The van der Waals surface area contributed by atoms with Gasteiger partial charge in [0.2, 0.25) is 5.91 Å². The fourth-order valence-electron chi connectivity index (χ4n) is 2.57. The number of nitrogens with two attached hydrogens (primary N) is 1. The van der Waals surface area contributed by atoms with Gasteiger partial charge in [0, 0.05) is 24.9 Å². The maximum Gasteiger partial charge on any atom is 0.311 e. The molecule has 2 N–H and O–H groups in total. The Morgan fingerprint density at radius 3 is 2.96 bits per heavy atom. The molecule has 126 valence electrons. The third-order valence-corrected chi connectivity index (χ3v) is 4.89. The van der Waals surface area contributed by atoms with E-state index >= 15 is 0 Å². The molecule has 0 aromatic heterocycles. The standard InChI is InChI=1S/C15H21N3O4S/c1-22-14-3-2-11(6-13(14)18(20)21)9-23-10-15(19)17-5-4-12(7-16)8-17/h2-3,6,12H,4-5,7-10,16H2,1H3. The van der Waals surface area contributed by atoms with Crippen LogP contribution >= 0.6 is 11.8 Å². The highest BCUT2D eigenvalue weighted by Gasteiger charge is 2.24. The van der Waals surface area contributed by atoms with Crippen molar-refractivity contribution in [3.63, 3.8) is 0 Å². The van der Waals surface area contributed by atoms with Crippen LogP contribution in [0.4, 0.5) is 5.69 Å². The maximum absolute atomic E-state index is 12.1. The minimum Gasteiger partial charge on any atom is -0.490 e. The fraction of sp³-hybridized carbons (Fsp3) is 0.533. The van der Waals surface area contributed by atoms with Gasteiger partial charge in [-0.25, -0.2) is 0 Å². The van der Waals surface area contributed by atoms with Gasteiger partial charge in [-0.05, 0) is 30.5 Å². The molecule has 1 saturated heterocycles. The van der Waals surface area contributed by atoms with E-state index in [1.54, 1.807) is 12.1 Å². The Morgan fingerprint density at radius 2 is 2.35 bits per heavy atom. The number of carbonyl (C=O) groups excluding carboxylic acids is 1. The Morgan fingerprint density at radius 1 is 1.57 bits per heavy atom. The topological polar surface area (TPSA) is 98.7 Å². The van der Waals surface area contributed by atoms with E-state index in [9.17, 15) is 14.9 Å². The van der Waals surface area contributed by atoms with Gasteiger partial charge in [0.15, 0.2) is 5.75 Å². The van der Waals surface area contributed by atoms with Crippen LogP contribution in [0.1, 0.15) is 12.0 Å². The molecule has 1 fully saturated rings. The van der Waals surface area contributed by atoms with E-state index in [0.717, 1.165) is 25.1 Å². The lowest BCUT2D eigenvalue weighted by atomic mass is 10.1. The molecule has 1 amide bonds. The predicted octanol–water partition coefficient (Wildman–Crippen LogP) is 1.64. The second kappa shape index (κ2) is 8.16. The third-order valence-electron chi connectivity index (χ3n) is 3.91. The minimum absolute atomic E-state index is 0.0535. The molecule has 1 aliphatic heterocycles. The van der Waals surface area contributed by atoms with Crippen molar-refractivity contribution >= 4 is 23.4 Å². The van der Waals surface area contributed by atoms with E-state index < -0.39 is 4.92 Å². The lowest BCUT2D eigenvalue weighted by Gasteiger charge is -2.16. The van der Waals surface area contributed by atoms with Crippen molar-refractivity contribution in [3.05, 3.63) is 33.9 Å². The fourth-order valence-corrected chi connectivity index (χ4v) is 3.44. The zero-order chi connectivity index (χ0) is 16.8. The number of likely N-dealkylation sites (tertiary alicyclic amines) is 1. The highest BCUT2D eigenvalue weighted by atomic mass is 32.2. The van der Waals surface area contributed by atoms with E-state index in [-0.39, 0.29) is 17.3 Å². The SMILES string of the molecule is COc1ccc(CSCC(=O)N2CCC(CN)C2)cc1[N+](=O)[O-]. The van der Waals surface area contributed by atoms with E-state index in [1.807, 2.05) is 4.90 Å². The minimum atomic E-state index is -0.463. The molecule has 1 atom stereocenters. The first-order chi connectivity index (χ1) is 11.0. The van der Waals surface area contributed by atoms with Crippen LogP contribution in [-0.4, -0.2) is 48.2 Å². The van der Waals surface area contributed by atoms with Gasteiger partial charge in [0.25, 0.3) is 0 Å². The average molecular weight is 339 g/mol. The number of methoxy groups -OCH3 is 1. The van der Waals surface area contributed by atoms with Crippen molar-refractivity contribution in [1.29, 1.82) is 0 Å². The number of hydrogen-bond donors (Lipinski definition) is 1. The van der Waals surface area contributed by atoms with Gasteiger partial charge in [-0.2, -0.15) is 0 Å². The molecule has 1 heterocycles. The summed E-state index contributed by atoms with van der Waals surface area (Å²) in [4.78, 5) is 24.5. The van der Waals surface area contributed by atoms with E-state index in [4.69, 9.17) is 10.5 Å². The Kier molecular flexibility index (Phi) is 6.23. The van der Waals surface area contributed by atoms with Crippen molar-refractivity contribution in [2.75, 3.05) is 32.5 Å². The summed E-state index contributed by atoms with van der Waals surface area (Å²) in [6, 6.07) is 4.86. The predicted molar refractivity (Wildman–Crippen MR) is 89.6 cm³/mol. The molecule has 8 heteroatoms. The van der Waals surface area contributed by atoms with Crippen LogP contribution in [0, 0.1) is 16.0 Å². The molecule has 1 aromatic rings. The highest BCUT2D eigenvalue weighted by Crippen LogP contribution is 2.29. The zero-order valence-electron chi connectivity index (χ0n) is 13.1. The molecule has 0 bridgehead atoms. The van der Waals surface area contributed by atoms with Crippen LogP contribution in [0.25, 0.3) is 0 Å². The number of ether oxygens (including phenoxy) is 1. The van der Waals surface area contributed by atoms with Crippen molar-refractivity contribution in [2.45, 2.75) is 12.2 Å². The Bertz CT molecular complexity index is 582. The number of hydrogen-bond acceptors (Lipinski definition) is 6. The molecule has 0 aliphatic carbocycles. The van der Waals surface area contributed by atoms with E-state index in [2.05, 4.69) is 0 Å². The van der Waals surface area contributed by atoms with Gasteiger partial charge in [0.05, 0.1) is 17.8 Å². The molecule has 1 unspecified atom stereocenters. The van der Waals surface area contributed by atoms with Gasteiger partial charge in [0.1, 0.15) is 0 Å². The molecule has 0 spiro atoms. The molecule has 0 radical (unpaired) electrons. The Labute approximate surface area is 139 Å². The molecule has 1 aliphatic rings. The number of rotatable bonds is 7. The van der Waals surface area contributed by atoms with Gasteiger partial charge in [-0.3, -0.25) is 14.9 Å². The van der Waals surface area contributed by atoms with Crippen LogP contribution in [-0.2, 0) is 10.5 Å². The molecule has 7 nitrogen and oxygen atoms in total. The maximum atomic E-state index is 12.1. The summed E-state index contributed by atoms with van der Waals surface area (Å²) < 4.78 is 4.97. The van der Waals surface area contributed by atoms with Crippen LogP contribution in [0.5, 0.6) is 5.75 Å². The van der Waals surface area contributed by atoms with E-state index in [1.165, 1.54) is 24.9 Å². The van der Waals surface area contributed by atoms with Crippen molar-refractivity contribution in [3.8, 4) is 5.75 Å². The van der Waals surface area contributed by atoms with Gasteiger partial charge in [-0.15, -0.1) is 11.8 Å². The molecule has 2 rings (SSSR count). The third kappa shape index (κ3) is 4.59. The molecule has 0 saturated carbocycles. The molecule has 23 heavy (non-hydrogen) atoms. The first kappa shape index (κ1) is 17.6. The number of benzene rings is 1. The molecular weight excluding hydrogens is 318 g/mol. The van der Waals surface area contributed by atoms with Gasteiger partial charge >= 0.3 is 5.69 Å². The smallest absolute Gasteiger partial charge is 0.311 e.